The lowest BCUT2D eigenvalue weighted by Crippen LogP contribution is -2.57. The number of hydrogen-bond acceptors (Lipinski definition) is 7. The van der Waals surface area contributed by atoms with E-state index >= 15 is 0 Å². The van der Waals surface area contributed by atoms with E-state index in [0.29, 0.717) is 17.7 Å². The third-order valence-electron chi connectivity index (χ3n) is 5.30. The van der Waals surface area contributed by atoms with Gasteiger partial charge in [0, 0.05) is 18.8 Å². The van der Waals surface area contributed by atoms with Crippen LogP contribution < -0.4 is 15.5 Å². The highest BCUT2D eigenvalue weighted by atomic mass is 32.1. The van der Waals surface area contributed by atoms with Gasteiger partial charge in [0.05, 0.1) is 25.3 Å². The van der Waals surface area contributed by atoms with Gasteiger partial charge in [-0.15, -0.1) is 12.6 Å². The summed E-state index contributed by atoms with van der Waals surface area (Å²) >= 11 is 4.24. The van der Waals surface area contributed by atoms with Crippen molar-refractivity contribution in [3.05, 3.63) is 77.1 Å². The van der Waals surface area contributed by atoms with E-state index in [2.05, 4.69) is 30.0 Å². The molecule has 11 heteroatoms. The summed E-state index contributed by atoms with van der Waals surface area (Å²) in [7, 11) is 1.44. The molecule has 37 heavy (non-hydrogen) atoms. The van der Waals surface area contributed by atoms with E-state index in [4.69, 9.17) is 19.4 Å². The average molecular weight is 536 g/mol. The van der Waals surface area contributed by atoms with Crippen molar-refractivity contribution >= 4 is 24.6 Å². The number of rotatable bonds is 14. The summed E-state index contributed by atoms with van der Waals surface area (Å²) in [6.45, 7) is 6.83. The highest BCUT2D eigenvalue weighted by molar-refractivity contribution is 7.84. The molecule has 0 aliphatic heterocycles. The molecule has 0 fully saturated rings. The minimum atomic E-state index is -1.38. The van der Waals surface area contributed by atoms with Crippen LogP contribution in [0.5, 0.6) is 5.75 Å². The van der Waals surface area contributed by atoms with Crippen molar-refractivity contribution in [3.63, 3.8) is 0 Å². The first-order valence-corrected chi connectivity index (χ1v) is 12.0. The number of carbonyl (C=O) groups is 2. The van der Waals surface area contributed by atoms with Crippen molar-refractivity contribution in [2.24, 2.45) is 0 Å². The number of thiol groups is 1. The number of nitrogens with one attached hydrogen (secondary N) is 2. The third-order valence-corrected chi connectivity index (χ3v) is 5.54. The first-order chi connectivity index (χ1) is 17.6. The number of methoxy groups -OCH3 is 1. The molecule has 2 aromatic rings. The van der Waals surface area contributed by atoms with E-state index < -0.39 is 29.4 Å². The Morgan fingerprint density at radius 3 is 2.54 bits per heavy atom. The fraction of sp³-hybridized carbons (Fsp3) is 0.385. The van der Waals surface area contributed by atoms with E-state index in [1.54, 1.807) is 0 Å². The number of hydroxylamine groups is 1. The molecule has 0 saturated heterocycles. The maximum atomic E-state index is 14.1. The van der Waals surface area contributed by atoms with E-state index in [-0.39, 0.29) is 31.4 Å². The first kappa shape index (κ1) is 30.1. The van der Waals surface area contributed by atoms with Crippen LogP contribution in [0.25, 0.3) is 0 Å². The van der Waals surface area contributed by atoms with Crippen LogP contribution >= 0.6 is 12.6 Å². The Labute approximate surface area is 222 Å². The Kier molecular flexibility index (Phi) is 11.9. The summed E-state index contributed by atoms with van der Waals surface area (Å²) in [4.78, 5) is 32.4. The molecule has 0 saturated carbocycles. The molecule has 0 heterocycles. The van der Waals surface area contributed by atoms with Crippen molar-refractivity contribution in [1.82, 2.24) is 15.7 Å². The summed E-state index contributed by atoms with van der Waals surface area (Å²) < 4.78 is 25.3. The third kappa shape index (κ3) is 9.36. The second-order valence-electron chi connectivity index (χ2n) is 8.61. The molecular weight excluding hydrogens is 501 g/mol. The molecule has 0 aromatic heterocycles. The number of aliphatic hydroxyl groups excluding tert-OH is 1. The van der Waals surface area contributed by atoms with Gasteiger partial charge in [0.25, 0.3) is 5.91 Å². The lowest BCUT2D eigenvalue weighted by atomic mass is 10.1. The Morgan fingerprint density at radius 1 is 1.22 bits per heavy atom. The average Bonchev–Trinajstić information content (AvgIpc) is 2.86. The zero-order valence-corrected chi connectivity index (χ0v) is 22.1. The van der Waals surface area contributed by atoms with Crippen LogP contribution in [-0.4, -0.2) is 54.4 Å². The topological polar surface area (TPSA) is 109 Å². The van der Waals surface area contributed by atoms with Crippen molar-refractivity contribution < 1.29 is 33.4 Å². The van der Waals surface area contributed by atoms with Gasteiger partial charge in [-0.25, -0.2) is 14.7 Å². The Hall–Kier alpha value is -3.12. The SMILES string of the molecule is C=C(S)N(C[C@H](OCCCO)c1cc(F)ccc1OC)C(=O)NC(C)(C)C(=O)NOCc1ccccc1. The molecule has 1 atom stereocenters. The fourth-order valence-electron chi connectivity index (χ4n) is 3.24. The number of amides is 3. The van der Waals surface area contributed by atoms with E-state index in [9.17, 15) is 14.0 Å². The summed E-state index contributed by atoms with van der Waals surface area (Å²) in [5, 5.41) is 11.8. The molecule has 3 N–H and O–H groups in total. The van der Waals surface area contributed by atoms with Gasteiger partial charge in [0.1, 0.15) is 23.2 Å². The number of hydrogen-bond donors (Lipinski definition) is 4. The van der Waals surface area contributed by atoms with Crippen molar-refractivity contribution in [2.45, 2.75) is 38.5 Å². The molecule has 0 aliphatic carbocycles. The van der Waals surface area contributed by atoms with Gasteiger partial charge in [0.2, 0.25) is 0 Å². The zero-order chi connectivity index (χ0) is 27.4. The summed E-state index contributed by atoms with van der Waals surface area (Å²) in [5.41, 5.74) is 2.19. The van der Waals surface area contributed by atoms with Crippen LogP contribution in [0.4, 0.5) is 9.18 Å². The molecule has 0 radical (unpaired) electrons. The van der Waals surface area contributed by atoms with Crippen molar-refractivity contribution in [1.29, 1.82) is 0 Å². The minimum Gasteiger partial charge on any atom is -0.496 e. The quantitative estimate of drug-likeness (QED) is 0.167. The summed E-state index contributed by atoms with van der Waals surface area (Å²) in [6.07, 6.45) is -0.517. The molecule has 2 aromatic carbocycles. The number of carbonyl (C=O) groups excluding carboxylic acids is 2. The van der Waals surface area contributed by atoms with Gasteiger partial charge in [0.15, 0.2) is 0 Å². The number of aliphatic hydroxyl groups is 1. The largest absolute Gasteiger partial charge is 0.496 e. The predicted molar refractivity (Wildman–Crippen MR) is 140 cm³/mol. The smallest absolute Gasteiger partial charge is 0.323 e. The van der Waals surface area contributed by atoms with Gasteiger partial charge in [-0.05, 0) is 44.0 Å². The Bertz CT molecular complexity index is 1050. The fourth-order valence-corrected chi connectivity index (χ4v) is 3.41. The molecule has 202 valence electrons. The van der Waals surface area contributed by atoms with Crippen molar-refractivity contribution in [3.8, 4) is 5.75 Å². The second kappa shape index (κ2) is 14.6. The molecular formula is C26H34FN3O6S. The van der Waals surface area contributed by atoms with Crippen LogP contribution in [0.2, 0.25) is 0 Å². The maximum absolute atomic E-state index is 14.1. The van der Waals surface area contributed by atoms with Gasteiger partial charge in [-0.2, -0.15) is 0 Å². The predicted octanol–water partition coefficient (Wildman–Crippen LogP) is 3.71. The van der Waals surface area contributed by atoms with Crippen LogP contribution in [0, 0.1) is 5.82 Å². The number of halogens is 1. The van der Waals surface area contributed by atoms with Crippen LogP contribution in [0.3, 0.4) is 0 Å². The maximum Gasteiger partial charge on any atom is 0.323 e. The minimum absolute atomic E-state index is 0.0696. The second-order valence-corrected chi connectivity index (χ2v) is 9.13. The Morgan fingerprint density at radius 2 is 1.92 bits per heavy atom. The molecule has 0 aliphatic rings. The molecule has 3 amide bonds. The first-order valence-electron chi connectivity index (χ1n) is 11.6. The standard InChI is InChI=1S/C26H34FN3O6S/c1-18(37)30(16-23(35-14-8-13-31)21-15-20(27)11-12-22(21)34-4)25(33)28-26(2,3)24(32)29-36-17-19-9-6-5-7-10-19/h5-7,9-12,15,23,31,37H,1,8,13-14,16-17H2,2-4H3,(H,28,33)(H,29,32)/t23-/m0/s1. The number of nitrogens with zero attached hydrogens (tertiary/aromatic N) is 1. The van der Waals surface area contributed by atoms with Crippen LogP contribution in [0.15, 0.2) is 60.1 Å². The highest BCUT2D eigenvalue weighted by Crippen LogP contribution is 2.30. The lowest BCUT2D eigenvalue weighted by molar-refractivity contribution is -0.140. The van der Waals surface area contributed by atoms with E-state index in [1.807, 2.05) is 30.3 Å². The zero-order valence-electron chi connectivity index (χ0n) is 21.2. The molecule has 0 bridgehead atoms. The monoisotopic (exact) mass is 535 g/mol. The van der Waals surface area contributed by atoms with Gasteiger partial charge < -0.3 is 19.9 Å². The highest BCUT2D eigenvalue weighted by Gasteiger charge is 2.33. The van der Waals surface area contributed by atoms with Gasteiger partial charge in [-0.1, -0.05) is 36.9 Å². The summed E-state index contributed by atoms with van der Waals surface area (Å²) in [6, 6.07) is 12.5. The number of benzene rings is 2. The summed E-state index contributed by atoms with van der Waals surface area (Å²) in [5.74, 6) is -0.736. The van der Waals surface area contributed by atoms with E-state index in [0.717, 1.165) is 10.5 Å². The van der Waals surface area contributed by atoms with E-state index in [1.165, 1.54) is 39.2 Å². The lowest BCUT2D eigenvalue weighted by Gasteiger charge is -2.32. The molecule has 0 unspecified atom stereocenters. The van der Waals surface area contributed by atoms with Crippen LogP contribution in [0.1, 0.15) is 37.5 Å². The normalized spacial score (nSPS) is 11.9. The van der Waals surface area contributed by atoms with Crippen molar-refractivity contribution in [2.75, 3.05) is 26.9 Å². The molecule has 9 nitrogen and oxygen atoms in total. The van der Waals surface area contributed by atoms with Gasteiger partial charge in [-0.3, -0.25) is 14.5 Å². The number of urea groups is 1. The van der Waals surface area contributed by atoms with Crippen LogP contribution in [-0.2, 0) is 21.0 Å². The number of ether oxygens (including phenoxy) is 2. The molecule has 0 spiro atoms. The molecule has 2 rings (SSSR count). The Balaban J connectivity index is 2.13. The van der Waals surface area contributed by atoms with Gasteiger partial charge >= 0.3 is 6.03 Å².